The van der Waals surface area contributed by atoms with Gasteiger partial charge in [-0.2, -0.15) is 0 Å². The molecule has 0 unspecified atom stereocenters. The van der Waals surface area contributed by atoms with Crippen molar-refractivity contribution in [1.29, 1.82) is 0 Å². The number of guanidine groups is 1. The number of nitrogens with zero attached hydrogens (tertiary/aromatic N) is 2. The molecule has 106 valence electrons. The van der Waals surface area contributed by atoms with Crippen LogP contribution in [0.4, 0.5) is 0 Å². The van der Waals surface area contributed by atoms with Crippen molar-refractivity contribution < 1.29 is 4.74 Å². The Balaban J connectivity index is 0.00000180. The first-order chi connectivity index (χ1) is 8.61. The molecule has 1 aromatic carbocycles. The van der Waals surface area contributed by atoms with Gasteiger partial charge in [-0.1, -0.05) is 6.07 Å². The van der Waals surface area contributed by atoms with Gasteiger partial charge >= 0.3 is 0 Å². The minimum Gasteiger partial charge on any atom is -0.496 e. The zero-order chi connectivity index (χ0) is 13.1. The first-order valence-electron chi connectivity index (χ1n) is 5.97. The van der Waals surface area contributed by atoms with Crippen molar-refractivity contribution in [3.8, 4) is 5.75 Å². The lowest BCUT2D eigenvalue weighted by Crippen LogP contribution is -2.35. The number of nitrogens with two attached hydrogens (primary N) is 1. The van der Waals surface area contributed by atoms with Gasteiger partial charge in [-0.25, -0.2) is 4.99 Å². The third-order valence-electron chi connectivity index (χ3n) is 3.10. The lowest BCUT2D eigenvalue weighted by atomic mass is 10.2. The first kappa shape index (κ1) is 16.6. The second kappa shape index (κ2) is 7.33. The van der Waals surface area contributed by atoms with Crippen molar-refractivity contribution in [2.75, 3.05) is 14.2 Å². The van der Waals surface area contributed by atoms with Gasteiger partial charge in [0.25, 0.3) is 0 Å². The molecule has 0 amide bonds. The molecule has 2 N–H and O–H groups in total. The van der Waals surface area contributed by atoms with Gasteiger partial charge in [0.2, 0.25) is 0 Å². The molecule has 6 heteroatoms. The minimum atomic E-state index is 0. The van der Waals surface area contributed by atoms with Crippen molar-refractivity contribution in [2.45, 2.75) is 25.4 Å². The van der Waals surface area contributed by atoms with E-state index in [2.05, 4.69) is 25.8 Å². The number of ether oxygens (including phenoxy) is 1. The summed E-state index contributed by atoms with van der Waals surface area (Å²) >= 11 is 3.46. The van der Waals surface area contributed by atoms with Gasteiger partial charge in [0.05, 0.1) is 18.1 Å². The molecule has 2 rings (SSSR count). The summed E-state index contributed by atoms with van der Waals surface area (Å²) in [5.74, 6) is 1.44. The number of halogens is 2. The van der Waals surface area contributed by atoms with E-state index in [0.29, 0.717) is 18.5 Å². The van der Waals surface area contributed by atoms with E-state index in [9.17, 15) is 0 Å². The number of hydrogen-bond donors (Lipinski definition) is 1. The second-order valence-corrected chi connectivity index (χ2v) is 5.34. The Morgan fingerprint density at radius 1 is 1.53 bits per heavy atom. The largest absolute Gasteiger partial charge is 0.496 e. The highest BCUT2D eigenvalue weighted by atomic mass is 127. The molecule has 0 aromatic heterocycles. The molecular weight excluding hydrogens is 421 g/mol. The van der Waals surface area contributed by atoms with Crippen molar-refractivity contribution in [1.82, 2.24) is 4.90 Å². The molecule has 0 saturated heterocycles. The maximum Gasteiger partial charge on any atom is 0.191 e. The quantitative estimate of drug-likeness (QED) is 0.445. The molecule has 1 fully saturated rings. The Labute approximate surface area is 139 Å². The standard InChI is InChI=1S/C13H18BrN3O.HI/c1-17(10-4-5-10)13(15)16-8-9-3-6-12(18-2)11(14)7-9;/h3,6-7,10H,4-5,8H2,1-2H3,(H2,15,16);1H. The van der Waals surface area contributed by atoms with Crippen LogP contribution < -0.4 is 10.5 Å². The van der Waals surface area contributed by atoms with E-state index in [4.69, 9.17) is 10.5 Å². The number of hydrogen-bond acceptors (Lipinski definition) is 2. The van der Waals surface area contributed by atoms with E-state index < -0.39 is 0 Å². The van der Waals surface area contributed by atoms with Crippen LogP contribution in [0.2, 0.25) is 0 Å². The zero-order valence-electron chi connectivity index (χ0n) is 11.1. The van der Waals surface area contributed by atoms with Crippen LogP contribution in [0.15, 0.2) is 27.7 Å². The predicted molar refractivity (Wildman–Crippen MR) is 92.2 cm³/mol. The van der Waals surface area contributed by atoms with Crippen LogP contribution in [0.5, 0.6) is 5.75 Å². The maximum absolute atomic E-state index is 5.94. The van der Waals surface area contributed by atoms with Crippen LogP contribution in [0, 0.1) is 0 Å². The van der Waals surface area contributed by atoms with Crippen molar-refractivity contribution in [3.05, 3.63) is 28.2 Å². The predicted octanol–water partition coefficient (Wildman–Crippen LogP) is 2.98. The van der Waals surface area contributed by atoms with Gasteiger partial charge in [0, 0.05) is 13.1 Å². The molecule has 0 atom stereocenters. The lowest BCUT2D eigenvalue weighted by molar-refractivity contribution is 0.412. The van der Waals surface area contributed by atoms with Crippen molar-refractivity contribution >= 4 is 45.9 Å². The van der Waals surface area contributed by atoms with E-state index in [1.54, 1.807) is 7.11 Å². The molecule has 1 saturated carbocycles. The van der Waals surface area contributed by atoms with Crippen LogP contribution in [0.25, 0.3) is 0 Å². The van der Waals surface area contributed by atoms with Crippen LogP contribution >= 0.6 is 39.9 Å². The Morgan fingerprint density at radius 2 is 2.21 bits per heavy atom. The average Bonchev–Trinajstić information content (AvgIpc) is 3.19. The lowest BCUT2D eigenvalue weighted by Gasteiger charge is -2.16. The summed E-state index contributed by atoms with van der Waals surface area (Å²) in [6.45, 7) is 0.589. The van der Waals surface area contributed by atoms with Crippen molar-refractivity contribution in [2.24, 2.45) is 10.7 Å². The molecular formula is C13H19BrIN3O. The third-order valence-corrected chi connectivity index (χ3v) is 3.72. The highest BCUT2D eigenvalue weighted by Crippen LogP contribution is 2.26. The molecule has 0 bridgehead atoms. The normalized spacial score (nSPS) is 14.8. The van der Waals surface area contributed by atoms with Gasteiger partial charge in [-0.3, -0.25) is 0 Å². The van der Waals surface area contributed by atoms with Crippen LogP contribution in [0.1, 0.15) is 18.4 Å². The fourth-order valence-electron chi connectivity index (χ4n) is 1.74. The smallest absolute Gasteiger partial charge is 0.191 e. The van der Waals surface area contributed by atoms with Crippen LogP contribution in [-0.4, -0.2) is 31.1 Å². The summed E-state index contributed by atoms with van der Waals surface area (Å²) in [5, 5.41) is 0. The van der Waals surface area contributed by atoms with E-state index in [1.165, 1.54) is 12.8 Å². The molecule has 1 aliphatic carbocycles. The van der Waals surface area contributed by atoms with Crippen molar-refractivity contribution in [3.63, 3.8) is 0 Å². The topological polar surface area (TPSA) is 50.9 Å². The number of aliphatic imine (C=N–C) groups is 1. The second-order valence-electron chi connectivity index (χ2n) is 4.49. The Morgan fingerprint density at radius 3 is 2.74 bits per heavy atom. The molecule has 0 aliphatic heterocycles. The number of methoxy groups -OCH3 is 1. The van der Waals surface area contributed by atoms with E-state index in [0.717, 1.165) is 15.8 Å². The molecule has 0 radical (unpaired) electrons. The van der Waals surface area contributed by atoms with E-state index in [1.807, 2.05) is 25.2 Å². The van der Waals surface area contributed by atoms with E-state index >= 15 is 0 Å². The number of benzene rings is 1. The maximum atomic E-state index is 5.94. The summed E-state index contributed by atoms with van der Waals surface area (Å²) in [5.41, 5.74) is 7.05. The highest BCUT2D eigenvalue weighted by Gasteiger charge is 2.27. The van der Waals surface area contributed by atoms with Crippen LogP contribution in [-0.2, 0) is 6.54 Å². The third kappa shape index (κ3) is 4.52. The Bertz CT molecular complexity index is 463. The van der Waals surface area contributed by atoms with Gasteiger partial charge in [0.1, 0.15) is 5.75 Å². The molecule has 1 aliphatic rings. The molecule has 4 nitrogen and oxygen atoms in total. The average molecular weight is 440 g/mol. The Hall–Kier alpha value is -0.500. The molecule has 19 heavy (non-hydrogen) atoms. The van der Waals surface area contributed by atoms with Gasteiger partial charge in [-0.15, -0.1) is 24.0 Å². The van der Waals surface area contributed by atoms with Gasteiger partial charge < -0.3 is 15.4 Å². The fraction of sp³-hybridized carbons (Fsp3) is 0.462. The van der Waals surface area contributed by atoms with E-state index in [-0.39, 0.29) is 24.0 Å². The molecule has 1 aromatic rings. The molecule has 0 heterocycles. The molecule has 0 spiro atoms. The zero-order valence-corrected chi connectivity index (χ0v) is 15.0. The Kier molecular flexibility index (Phi) is 6.38. The highest BCUT2D eigenvalue weighted by molar-refractivity contribution is 14.0. The fourth-order valence-corrected chi connectivity index (χ4v) is 2.33. The summed E-state index contributed by atoms with van der Waals surface area (Å²) in [7, 11) is 3.65. The SMILES string of the molecule is COc1ccc(CN=C(N)N(C)C2CC2)cc1Br.I. The summed E-state index contributed by atoms with van der Waals surface area (Å²) in [6, 6.07) is 6.52. The minimum absolute atomic E-state index is 0. The summed E-state index contributed by atoms with van der Waals surface area (Å²) < 4.78 is 6.12. The first-order valence-corrected chi connectivity index (χ1v) is 6.76. The summed E-state index contributed by atoms with van der Waals surface area (Å²) in [4.78, 5) is 6.47. The summed E-state index contributed by atoms with van der Waals surface area (Å²) in [6.07, 6.45) is 2.45. The van der Waals surface area contributed by atoms with Gasteiger partial charge in [0.15, 0.2) is 5.96 Å². The number of rotatable bonds is 4. The van der Waals surface area contributed by atoms with Gasteiger partial charge in [-0.05, 0) is 46.5 Å². The van der Waals surface area contributed by atoms with Crippen LogP contribution in [0.3, 0.4) is 0 Å². The monoisotopic (exact) mass is 439 g/mol.